The van der Waals surface area contributed by atoms with E-state index in [2.05, 4.69) is 50.7 Å². The zero-order chi connectivity index (χ0) is 21.6. The number of amidine groups is 1. The first-order chi connectivity index (χ1) is 15.1. The Morgan fingerprint density at radius 1 is 1.29 bits per heavy atom. The van der Waals surface area contributed by atoms with Crippen molar-refractivity contribution < 1.29 is 8.76 Å². The van der Waals surface area contributed by atoms with E-state index in [0.29, 0.717) is 17.5 Å². The van der Waals surface area contributed by atoms with E-state index < -0.39 is 11.3 Å². The van der Waals surface area contributed by atoms with Crippen LogP contribution in [-0.4, -0.2) is 25.3 Å². The summed E-state index contributed by atoms with van der Waals surface area (Å²) in [7, 11) is 0. The van der Waals surface area contributed by atoms with Crippen molar-refractivity contribution in [3.8, 4) is 0 Å². The largest absolute Gasteiger partial charge is 0.755 e. The van der Waals surface area contributed by atoms with Gasteiger partial charge in [0.2, 0.25) is 0 Å². The van der Waals surface area contributed by atoms with Crippen LogP contribution in [0.1, 0.15) is 35.6 Å². The van der Waals surface area contributed by atoms with Crippen LogP contribution in [0.15, 0.2) is 57.9 Å². The number of aliphatic imine (C=N–C) groups is 1. The van der Waals surface area contributed by atoms with Crippen LogP contribution in [0.4, 0.5) is 5.69 Å². The second kappa shape index (κ2) is 10.9. The lowest BCUT2D eigenvalue weighted by molar-refractivity contribution is 0.542. The average Bonchev–Trinajstić information content (AvgIpc) is 3.50. The summed E-state index contributed by atoms with van der Waals surface area (Å²) in [5.41, 5.74) is 9.25. The molecule has 2 aliphatic heterocycles. The Kier molecular flexibility index (Phi) is 7.96. The number of hydrogen-bond acceptors (Lipinski definition) is 8. The van der Waals surface area contributed by atoms with E-state index in [0.717, 1.165) is 29.3 Å². The third-order valence-electron chi connectivity index (χ3n) is 4.79. The Morgan fingerprint density at radius 2 is 2.13 bits per heavy atom. The fraction of sp³-hybridized carbons (Fsp3) is 0.350. The lowest BCUT2D eigenvalue weighted by Gasteiger charge is -2.18. The van der Waals surface area contributed by atoms with Crippen molar-refractivity contribution >= 4 is 57.0 Å². The Bertz CT molecular complexity index is 949. The zero-order valence-corrected chi connectivity index (χ0v) is 20.1. The van der Waals surface area contributed by atoms with E-state index >= 15 is 0 Å². The highest BCUT2D eigenvalue weighted by Gasteiger charge is 2.27. The number of hydrazine groups is 1. The maximum atomic E-state index is 10.8. The molecule has 1 aromatic heterocycles. The van der Waals surface area contributed by atoms with Crippen molar-refractivity contribution in [3.05, 3.63) is 63.3 Å². The molecule has 4 atom stereocenters. The second-order valence-corrected chi connectivity index (χ2v) is 10.9. The van der Waals surface area contributed by atoms with Crippen LogP contribution in [0.2, 0.25) is 0 Å². The molecule has 7 nitrogen and oxygen atoms in total. The number of thiophene rings is 1. The summed E-state index contributed by atoms with van der Waals surface area (Å²) in [6.07, 6.45) is 2.90. The highest BCUT2D eigenvalue weighted by Crippen LogP contribution is 2.38. The molecule has 0 amide bonds. The number of nitrogens with zero attached hydrogens (tertiary/aromatic N) is 1. The molecule has 3 heterocycles. The normalized spacial score (nSPS) is 23.8. The van der Waals surface area contributed by atoms with Gasteiger partial charge in [0.25, 0.3) is 0 Å². The fourth-order valence-electron chi connectivity index (χ4n) is 3.30. The Labute approximate surface area is 197 Å². The van der Waals surface area contributed by atoms with Gasteiger partial charge < -0.3 is 14.6 Å². The molecule has 0 spiro atoms. The molecule has 0 aliphatic carbocycles. The maximum Gasteiger partial charge on any atom is 0.173 e. The number of rotatable bonds is 9. The number of thioether (sulfide) groups is 2. The highest BCUT2D eigenvalue weighted by molar-refractivity contribution is 8.14. The number of anilines is 1. The van der Waals surface area contributed by atoms with Gasteiger partial charge in [0.05, 0.1) is 11.4 Å². The monoisotopic (exact) mass is 494 g/mol. The van der Waals surface area contributed by atoms with Crippen LogP contribution >= 0.6 is 34.9 Å². The zero-order valence-electron chi connectivity index (χ0n) is 16.9. The van der Waals surface area contributed by atoms with E-state index in [1.807, 2.05) is 12.1 Å². The quantitative estimate of drug-likeness (QED) is 0.390. The molecule has 1 fully saturated rings. The SMILES string of the molecule is CCCC1NNC(=N[C@@H](Cc2ccc(NS(=O)[O-])cc2)C2=CSC(c3cccs3)N2)S1. The first-order valence-electron chi connectivity index (χ1n) is 9.97. The van der Waals surface area contributed by atoms with Crippen molar-refractivity contribution in [2.45, 2.75) is 43.0 Å². The fourth-order valence-corrected chi connectivity index (χ4v) is 6.59. The minimum atomic E-state index is -2.32. The highest BCUT2D eigenvalue weighted by atomic mass is 32.2. The van der Waals surface area contributed by atoms with Crippen LogP contribution in [0, 0.1) is 0 Å². The topological polar surface area (TPSA) is 101 Å². The van der Waals surface area contributed by atoms with Gasteiger partial charge in [-0.15, -0.1) is 23.1 Å². The molecule has 166 valence electrons. The maximum absolute atomic E-state index is 10.8. The van der Waals surface area contributed by atoms with Crippen LogP contribution < -0.4 is 20.9 Å². The Balaban J connectivity index is 1.49. The Hall–Kier alpha value is -1.50. The van der Waals surface area contributed by atoms with Gasteiger partial charge in [-0.1, -0.05) is 43.3 Å². The van der Waals surface area contributed by atoms with Crippen LogP contribution in [0.3, 0.4) is 0 Å². The molecular weight excluding hydrogens is 471 g/mol. The van der Waals surface area contributed by atoms with Crippen molar-refractivity contribution in [3.63, 3.8) is 0 Å². The summed E-state index contributed by atoms with van der Waals surface area (Å²) >= 11 is 2.92. The van der Waals surface area contributed by atoms with E-state index in [4.69, 9.17) is 4.99 Å². The lowest BCUT2D eigenvalue weighted by Crippen LogP contribution is -2.32. The smallest absolute Gasteiger partial charge is 0.173 e. The summed E-state index contributed by atoms with van der Waals surface area (Å²) in [5.74, 6) is 0. The minimum absolute atomic E-state index is 0.0675. The van der Waals surface area contributed by atoms with Crippen LogP contribution in [-0.2, 0) is 17.7 Å². The number of nitrogens with one attached hydrogen (secondary N) is 4. The molecule has 0 saturated carbocycles. The van der Waals surface area contributed by atoms with E-state index in [-0.39, 0.29) is 11.4 Å². The standard InChI is InChI=1S/C20H25N5O2S4/c1-2-4-18-23-24-20(30-18)22-15(11-13-6-8-14(9-7-13)25-31(26)27)16-12-29-19(21-16)17-5-3-10-28-17/h3,5-10,12,15,18-19,21,23,25H,2,4,11H2,1H3,(H,22,24)(H,26,27)/p-1/t15-,18?,19?/m0/s1. The van der Waals surface area contributed by atoms with Gasteiger partial charge in [-0.2, -0.15) is 0 Å². The molecule has 4 rings (SSSR count). The Morgan fingerprint density at radius 3 is 2.84 bits per heavy atom. The molecule has 2 aromatic rings. The molecule has 31 heavy (non-hydrogen) atoms. The average molecular weight is 495 g/mol. The summed E-state index contributed by atoms with van der Waals surface area (Å²) in [5, 5.41) is 9.35. The molecule has 1 saturated heterocycles. The van der Waals surface area contributed by atoms with Gasteiger partial charge in [0.15, 0.2) is 5.17 Å². The van der Waals surface area contributed by atoms with E-state index in [1.165, 1.54) is 4.88 Å². The van der Waals surface area contributed by atoms with Gasteiger partial charge in [-0.25, -0.2) is 5.43 Å². The lowest BCUT2D eigenvalue weighted by atomic mass is 10.0. The van der Waals surface area contributed by atoms with Crippen molar-refractivity contribution in [1.82, 2.24) is 16.2 Å². The summed E-state index contributed by atoms with van der Waals surface area (Å²) in [6.45, 7) is 2.18. The second-order valence-electron chi connectivity index (χ2n) is 7.10. The third-order valence-corrected chi connectivity index (χ3v) is 8.38. The van der Waals surface area contributed by atoms with Gasteiger partial charge in [0, 0.05) is 33.9 Å². The van der Waals surface area contributed by atoms with E-state index in [1.54, 1.807) is 47.0 Å². The van der Waals surface area contributed by atoms with Crippen LogP contribution in [0.25, 0.3) is 0 Å². The molecule has 11 heteroatoms. The molecule has 1 aromatic carbocycles. The predicted octanol–water partition coefficient (Wildman–Crippen LogP) is 4.07. The van der Waals surface area contributed by atoms with Crippen molar-refractivity contribution in [2.24, 2.45) is 4.99 Å². The third kappa shape index (κ3) is 6.27. The first-order valence-corrected chi connectivity index (χ1v) is 13.7. The van der Waals surface area contributed by atoms with Gasteiger partial charge in [0.1, 0.15) is 5.37 Å². The van der Waals surface area contributed by atoms with Gasteiger partial charge >= 0.3 is 0 Å². The number of hydrogen-bond donors (Lipinski definition) is 4. The summed E-state index contributed by atoms with van der Waals surface area (Å²) in [6, 6.07) is 11.6. The summed E-state index contributed by atoms with van der Waals surface area (Å²) < 4.78 is 24.1. The van der Waals surface area contributed by atoms with E-state index in [9.17, 15) is 8.76 Å². The van der Waals surface area contributed by atoms with Crippen LogP contribution in [0.5, 0.6) is 0 Å². The van der Waals surface area contributed by atoms with Gasteiger partial charge in [-0.05, 0) is 41.0 Å². The molecular formula is C20H24N5O2S4-. The van der Waals surface area contributed by atoms with Crippen molar-refractivity contribution in [1.29, 1.82) is 0 Å². The summed E-state index contributed by atoms with van der Waals surface area (Å²) in [4.78, 5) is 6.32. The van der Waals surface area contributed by atoms with Crippen molar-refractivity contribution in [2.75, 3.05) is 4.72 Å². The number of benzene rings is 1. The minimum Gasteiger partial charge on any atom is -0.755 e. The van der Waals surface area contributed by atoms with Gasteiger partial charge in [-0.3, -0.25) is 14.6 Å². The first kappa shape index (κ1) is 22.7. The molecule has 0 radical (unpaired) electrons. The molecule has 4 N–H and O–H groups in total. The predicted molar refractivity (Wildman–Crippen MR) is 132 cm³/mol. The molecule has 3 unspecified atom stereocenters. The molecule has 2 aliphatic rings. The molecule has 0 bridgehead atoms.